The van der Waals surface area contributed by atoms with Crippen LogP contribution in [0, 0.1) is 6.92 Å². The molecular weight excluding hydrogens is 372 g/mol. The molecule has 1 amide bonds. The van der Waals surface area contributed by atoms with Gasteiger partial charge in [0.05, 0.1) is 4.90 Å². The van der Waals surface area contributed by atoms with Crippen molar-refractivity contribution in [2.24, 2.45) is 0 Å². The molecule has 1 aromatic heterocycles. The molecule has 9 nitrogen and oxygen atoms in total. The minimum absolute atomic E-state index is 0.0833. The fraction of sp³-hybridized carbons (Fsp3) is 0.353. The first-order valence-corrected chi connectivity index (χ1v) is 9.68. The summed E-state index contributed by atoms with van der Waals surface area (Å²) in [5.74, 6) is -0.404. The van der Waals surface area contributed by atoms with Crippen LogP contribution >= 0.6 is 0 Å². The van der Waals surface area contributed by atoms with Crippen LogP contribution in [0.25, 0.3) is 0 Å². The number of sulfonamides is 1. The van der Waals surface area contributed by atoms with Crippen LogP contribution < -0.4 is 16.6 Å². The maximum absolute atomic E-state index is 12.3. The molecule has 1 aromatic carbocycles. The second-order valence-electron chi connectivity index (χ2n) is 6.18. The molecule has 0 aliphatic carbocycles. The number of hydrogen-bond donors (Lipinski definition) is 2. The summed E-state index contributed by atoms with van der Waals surface area (Å²) >= 11 is 0. The van der Waals surface area contributed by atoms with E-state index in [-0.39, 0.29) is 17.0 Å². The van der Waals surface area contributed by atoms with E-state index >= 15 is 0 Å². The average molecular weight is 394 g/mol. The number of carbonyl (C=O) groups excluding carboxylic acids is 1. The van der Waals surface area contributed by atoms with Gasteiger partial charge in [0.25, 0.3) is 11.5 Å². The molecule has 0 atom stereocenters. The van der Waals surface area contributed by atoms with Gasteiger partial charge in [0.2, 0.25) is 10.0 Å². The Morgan fingerprint density at radius 3 is 2.56 bits per heavy atom. The van der Waals surface area contributed by atoms with E-state index < -0.39 is 27.2 Å². The maximum Gasteiger partial charge on any atom is 0.328 e. The highest BCUT2D eigenvalue weighted by Crippen LogP contribution is 2.19. The lowest BCUT2D eigenvalue weighted by Crippen LogP contribution is -2.31. The number of H-pyrrole nitrogens is 1. The summed E-state index contributed by atoms with van der Waals surface area (Å²) in [5.41, 5.74) is -0.182. The van der Waals surface area contributed by atoms with Gasteiger partial charge < -0.3 is 9.88 Å². The van der Waals surface area contributed by atoms with Crippen LogP contribution in [0.3, 0.4) is 0 Å². The summed E-state index contributed by atoms with van der Waals surface area (Å²) < 4.78 is 27.1. The lowest BCUT2D eigenvalue weighted by atomic mass is 10.1. The minimum Gasteiger partial charge on any atom is -0.352 e. The molecule has 0 unspecified atom stereocenters. The molecule has 2 N–H and O–H groups in total. The van der Waals surface area contributed by atoms with Crippen molar-refractivity contribution in [3.8, 4) is 0 Å². The van der Waals surface area contributed by atoms with Crippen molar-refractivity contribution in [1.29, 1.82) is 0 Å². The van der Waals surface area contributed by atoms with Gasteiger partial charge in [-0.15, -0.1) is 0 Å². The van der Waals surface area contributed by atoms with Crippen molar-refractivity contribution in [1.82, 2.24) is 19.2 Å². The van der Waals surface area contributed by atoms with E-state index in [1.54, 1.807) is 19.1 Å². The minimum atomic E-state index is -3.65. The largest absolute Gasteiger partial charge is 0.352 e. The van der Waals surface area contributed by atoms with E-state index in [9.17, 15) is 22.8 Å². The van der Waals surface area contributed by atoms with Crippen LogP contribution in [0.2, 0.25) is 0 Å². The first-order chi connectivity index (χ1) is 12.6. The molecule has 0 bridgehead atoms. The van der Waals surface area contributed by atoms with Crippen LogP contribution in [-0.4, -0.2) is 48.8 Å². The van der Waals surface area contributed by atoms with E-state index in [4.69, 9.17) is 0 Å². The highest BCUT2D eigenvalue weighted by atomic mass is 32.2. The zero-order valence-electron chi connectivity index (χ0n) is 15.4. The Kier molecular flexibility index (Phi) is 6.34. The average Bonchev–Trinajstić information content (AvgIpc) is 2.60. The predicted molar refractivity (Wildman–Crippen MR) is 100 cm³/mol. The molecular formula is C17H22N4O5S. The van der Waals surface area contributed by atoms with Gasteiger partial charge in [0.15, 0.2) is 0 Å². The van der Waals surface area contributed by atoms with Gasteiger partial charge in [0, 0.05) is 45.0 Å². The number of benzene rings is 1. The Balaban J connectivity index is 2.02. The van der Waals surface area contributed by atoms with Crippen molar-refractivity contribution >= 4 is 15.9 Å². The molecule has 0 spiro atoms. The molecule has 0 aliphatic heterocycles. The number of nitrogens with one attached hydrogen (secondary N) is 2. The molecule has 0 radical (unpaired) electrons. The number of amides is 1. The maximum atomic E-state index is 12.3. The normalized spacial score (nSPS) is 11.6. The zero-order chi connectivity index (χ0) is 20.2. The van der Waals surface area contributed by atoms with Gasteiger partial charge in [-0.25, -0.2) is 17.5 Å². The van der Waals surface area contributed by atoms with Crippen LogP contribution in [0.5, 0.6) is 0 Å². The summed E-state index contributed by atoms with van der Waals surface area (Å²) in [6, 6.07) is 5.75. The fourth-order valence-corrected chi connectivity index (χ4v) is 3.53. The Labute approximate surface area is 156 Å². The van der Waals surface area contributed by atoms with Crippen molar-refractivity contribution < 1.29 is 13.2 Å². The molecule has 27 heavy (non-hydrogen) atoms. The fourth-order valence-electron chi connectivity index (χ4n) is 2.39. The standard InChI is InChI=1S/C17H22N4O5S/c1-12-5-6-13(11-14(12)27(25,26)20(2)3)16(23)18-8-4-9-21-10-7-15(22)19-17(21)24/h5-7,10-11H,4,8-9H2,1-3H3,(H,18,23)(H,19,22,24). The first-order valence-electron chi connectivity index (χ1n) is 8.24. The van der Waals surface area contributed by atoms with E-state index in [0.29, 0.717) is 18.5 Å². The van der Waals surface area contributed by atoms with E-state index in [1.807, 2.05) is 0 Å². The van der Waals surface area contributed by atoms with E-state index in [0.717, 1.165) is 4.31 Å². The third kappa shape index (κ3) is 4.92. The summed E-state index contributed by atoms with van der Waals surface area (Å²) in [4.78, 5) is 37.1. The molecule has 0 aliphatic rings. The van der Waals surface area contributed by atoms with Crippen molar-refractivity contribution in [3.63, 3.8) is 0 Å². The summed E-state index contributed by atoms with van der Waals surface area (Å²) in [6.45, 7) is 2.28. The second-order valence-corrected chi connectivity index (χ2v) is 8.30. The van der Waals surface area contributed by atoms with Crippen molar-refractivity contribution in [2.45, 2.75) is 24.8 Å². The molecule has 10 heteroatoms. The molecule has 1 heterocycles. The number of carbonyl (C=O) groups is 1. The van der Waals surface area contributed by atoms with Crippen LogP contribution in [0.1, 0.15) is 22.3 Å². The van der Waals surface area contributed by atoms with Crippen LogP contribution in [-0.2, 0) is 16.6 Å². The number of nitrogens with zero attached hydrogens (tertiary/aromatic N) is 2. The summed E-state index contributed by atoms with van der Waals surface area (Å²) in [6.07, 6.45) is 1.85. The predicted octanol–water partition coefficient (Wildman–Crippen LogP) is -0.0846. The molecule has 0 saturated carbocycles. The third-order valence-corrected chi connectivity index (χ3v) is 5.92. The van der Waals surface area contributed by atoms with E-state index in [2.05, 4.69) is 10.3 Å². The lowest BCUT2D eigenvalue weighted by Gasteiger charge is -2.14. The highest BCUT2D eigenvalue weighted by Gasteiger charge is 2.21. The topological polar surface area (TPSA) is 121 Å². The van der Waals surface area contributed by atoms with Crippen LogP contribution in [0.15, 0.2) is 44.9 Å². The Bertz CT molecular complexity index is 1050. The quantitative estimate of drug-likeness (QED) is 0.636. The Hall–Kier alpha value is -2.72. The smallest absolute Gasteiger partial charge is 0.328 e. The molecule has 2 aromatic rings. The number of rotatable bonds is 7. The summed E-state index contributed by atoms with van der Waals surface area (Å²) in [7, 11) is -0.785. The highest BCUT2D eigenvalue weighted by molar-refractivity contribution is 7.89. The SMILES string of the molecule is Cc1ccc(C(=O)NCCCn2ccc(=O)[nH]c2=O)cc1S(=O)(=O)N(C)C. The molecule has 0 fully saturated rings. The van der Waals surface area contributed by atoms with Gasteiger partial charge >= 0.3 is 5.69 Å². The van der Waals surface area contributed by atoms with Crippen molar-refractivity contribution in [3.05, 3.63) is 62.4 Å². The first kappa shape index (κ1) is 20.6. The van der Waals surface area contributed by atoms with Gasteiger partial charge in [-0.2, -0.15) is 0 Å². The molecule has 146 valence electrons. The number of aryl methyl sites for hydroxylation is 2. The number of aromatic nitrogens is 2. The summed E-state index contributed by atoms with van der Waals surface area (Å²) in [5, 5.41) is 2.69. The van der Waals surface area contributed by atoms with E-state index in [1.165, 1.54) is 37.0 Å². The monoisotopic (exact) mass is 394 g/mol. The van der Waals surface area contributed by atoms with Crippen LogP contribution in [0.4, 0.5) is 0 Å². The Morgan fingerprint density at radius 2 is 1.93 bits per heavy atom. The molecule has 2 rings (SSSR count). The second kappa shape index (κ2) is 8.31. The van der Waals surface area contributed by atoms with Crippen molar-refractivity contribution in [2.75, 3.05) is 20.6 Å². The third-order valence-electron chi connectivity index (χ3n) is 3.97. The Morgan fingerprint density at radius 1 is 1.22 bits per heavy atom. The van der Waals surface area contributed by atoms with Gasteiger partial charge in [0.1, 0.15) is 0 Å². The lowest BCUT2D eigenvalue weighted by molar-refractivity contribution is 0.0952. The van der Waals surface area contributed by atoms with Gasteiger partial charge in [-0.3, -0.25) is 14.6 Å². The van der Waals surface area contributed by atoms with Gasteiger partial charge in [-0.05, 0) is 31.0 Å². The molecule has 0 saturated heterocycles. The number of aromatic amines is 1. The zero-order valence-corrected chi connectivity index (χ0v) is 16.2. The number of hydrogen-bond acceptors (Lipinski definition) is 5. The van der Waals surface area contributed by atoms with Gasteiger partial charge in [-0.1, -0.05) is 6.07 Å².